The summed E-state index contributed by atoms with van der Waals surface area (Å²) in [6.45, 7) is 0. The number of hydrogen-bond donors (Lipinski definition) is 0. The fourth-order valence-corrected chi connectivity index (χ4v) is 3.95. The number of fused-ring (bicyclic) bond motifs is 3. The molecule has 0 amide bonds. The summed E-state index contributed by atoms with van der Waals surface area (Å²) >= 11 is 0. The molecule has 0 saturated carbocycles. The predicted octanol–water partition coefficient (Wildman–Crippen LogP) is 4.66. The SMILES string of the molecule is c1ccc2c(c1)CCC1=C2CCC2=C1CCC2. The van der Waals surface area contributed by atoms with E-state index in [1.165, 1.54) is 44.9 Å². The smallest absolute Gasteiger partial charge is 0.0189 e. The lowest BCUT2D eigenvalue weighted by atomic mass is 9.76. The predicted molar refractivity (Wildman–Crippen MR) is 71.8 cm³/mol. The van der Waals surface area contributed by atoms with Gasteiger partial charge in [0.1, 0.15) is 0 Å². The van der Waals surface area contributed by atoms with Crippen LogP contribution in [-0.4, -0.2) is 0 Å². The fourth-order valence-electron chi connectivity index (χ4n) is 3.95. The van der Waals surface area contributed by atoms with Crippen molar-refractivity contribution in [3.63, 3.8) is 0 Å². The van der Waals surface area contributed by atoms with Crippen LogP contribution in [0, 0.1) is 0 Å². The topological polar surface area (TPSA) is 0 Å². The Morgan fingerprint density at radius 1 is 0.647 bits per heavy atom. The first kappa shape index (κ1) is 9.70. The fraction of sp³-hybridized carbons (Fsp3) is 0.412. The molecule has 0 radical (unpaired) electrons. The minimum Gasteiger partial charge on any atom is -0.0664 e. The number of allylic oxidation sites excluding steroid dienone is 4. The average Bonchev–Trinajstić information content (AvgIpc) is 2.86. The van der Waals surface area contributed by atoms with E-state index < -0.39 is 0 Å². The van der Waals surface area contributed by atoms with Gasteiger partial charge in [0.2, 0.25) is 0 Å². The molecule has 0 unspecified atom stereocenters. The van der Waals surface area contributed by atoms with Crippen LogP contribution in [0.3, 0.4) is 0 Å². The van der Waals surface area contributed by atoms with Crippen molar-refractivity contribution in [1.82, 2.24) is 0 Å². The first-order chi connectivity index (χ1) is 8.43. The van der Waals surface area contributed by atoms with Gasteiger partial charge in [-0.15, -0.1) is 0 Å². The van der Waals surface area contributed by atoms with E-state index in [0.717, 1.165) is 0 Å². The largest absolute Gasteiger partial charge is 0.0664 e. The Morgan fingerprint density at radius 2 is 1.53 bits per heavy atom. The quantitative estimate of drug-likeness (QED) is 0.599. The first-order valence-electron chi connectivity index (χ1n) is 6.95. The van der Waals surface area contributed by atoms with Crippen LogP contribution in [0.2, 0.25) is 0 Å². The van der Waals surface area contributed by atoms with E-state index in [-0.39, 0.29) is 0 Å². The van der Waals surface area contributed by atoms with E-state index in [1.807, 2.05) is 0 Å². The molecule has 4 rings (SSSR count). The van der Waals surface area contributed by atoms with Gasteiger partial charge < -0.3 is 0 Å². The normalized spacial score (nSPS) is 22.4. The Balaban J connectivity index is 1.90. The van der Waals surface area contributed by atoms with Crippen molar-refractivity contribution in [1.29, 1.82) is 0 Å². The van der Waals surface area contributed by atoms with Crippen molar-refractivity contribution in [3.05, 3.63) is 52.1 Å². The molecule has 0 aromatic heterocycles. The molecule has 1 aromatic carbocycles. The van der Waals surface area contributed by atoms with Gasteiger partial charge in [0, 0.05) is 0 Å². The van der Waals surface area contributed by atoms with Crippen molar-refractivity contribution in [2.24, 2.45) is 0 Å². The molecule has 0 heterocycles. The van der Waals surface area contributed by atoms with Gasteiger partial charge in [-0.05, 0) is 72.8 Å². The highest BCUT2D eigenvalue weighted by molar-refractivity contribution is 5.78. The molecule has 0 bridgehead atoms. The zero-order valence-corrected chi connectivity index (χ0v) is 10.3. The molecule has 0 N–H and O–H groups in total. The van der Waals surface area contributed by atoms with E-state index in [2.05, 4.69) is 24.3 Å². The molecule has 3 aliphatic carbocycles. The van der Waals surface area contributed by atoms with Crippen LogP contribution in [0.5, 0.6) is 0 Å². The molecular weight excluding hydrogens is 204 g/mol. The Kier molecular flexibility index (Phi) is 2.05. The second-order valence-corrected chi connectivity index (χ2v) is 5.55. The van der Waals surface area contributed by atoms with E-state index in [1.54, 1.807) is 33.4 Å². The van der Waals surface area contributed by atoms with Crippen LogP contribution < -0.4 is 0 Å². The van der Waals surface area contributed by atoms with Gasteiger partial charge in [-0.25, -0.2) is 0 Å². The van der Waals surface area contributed by atoms with Gasteiger partial charge in [-0.2, -0.15) is 0 Å². The molecular formula is C17H18. The van der Waals surface area contributed by atoms with Crippen LogP contribution in [0.1, 0.15) is 49.7 Å². The highest BCUT2D eigenvalue weighted by Crippen LogP contribution is 2.47. The summed E-state index contributed by atoms with van der Waals surface area (Å²) in [5.74, 6) is 0. The van der Waals surface area contributed by atoms with Crippen molar-refractivity contribution in [2.45, 2.75) is 44.9 Å². The summed E-state index contributed by atoms with van der Waals surface area (Å²) in [4.78, 5) is 0. The molecule has 3 aliphatic rings. The first-order valence-corrected chi connectivity index (χ1v) is 6.95. The number of aryl methyl sites for hydroxylation is 1. The Morgan fingerprint density at radius 3 is 2.53 bits per heavy atom. The van der Waals surface area contributed by atoms with Crippen LogP contribution in [-0.2, 0) is 6.42 Å². The average molecular weight is 222 g/mol. The second kappa shape index (κ2) is 3.60. The Bertz CT molecular complexity index is 543. The summed E-state index contributed by atoms with van der Waals surface area (Å²) in [5, 5.41) is 0. The second-order valence-electron chi connectivity index (χ2n) is 5.55. The minimum absolute atomic E-state index is 1.26. The highest BCUT2D eigenvalue weighted by Gasteiger charge is 2.28. The van der Waals surface area contributed by atoms with Crippen molar-refractivity contribution in [3.8, 4) is 0 Å². The number of rotatable bonds is 0. The maximum Gasteiger partial charge on any atom is -0.0189 e. The van der Waals surface area contributed by atoms with Crippen LogP contribution in [0.25, 0.3) is 5.57 Å². The zero-order valence-electron chi connectivity index (χ0n) is 10.3. The van der Waals surface area contributed by atoms with Crippen molar-refractivity contribution in [2.75, 3.05) is 0 Å². The molecule has 0 atom stereocenters. The van der Waals surface area contributed by atoms with Crippen molar-refractivity contribution < 1.29 is 0 Å². The van der Waals surface area contributed by atoms with Gasteiger partial charge in [0.25, 0.3) is 0 Å². The lowest BCUT2D eigenvalue weighted by Gasteiger charge is -2.29. The highest BCUT2D eigenvalue weighted by atomic mass is 14.3. The van der Waals surface area contributed by atoms with Gasteiger partial charge in [0.15, 0.2) is 0 Å². The number of hydrogen-bond acceptors (Lipinski definition) is 0. The van der Waals surface area contributed by atoms with E-state index in [9.17, 15) is 0 Å². The van der Waals surface area contributed by atoms with E-state index in [0.29, 0.717) is 0 Å². The lowest BCUT2D eigenvalue weighted by Crippen LogP contribution is -2.10. The molecule has 0 nitrogen and oxygen atoms in total. The van der Waals surface area contributed by atoms with Gasteiger partial charge in [-0.3, -0.25) is 0 Å². The van der Waals surface area contributed by atoms with E-state index >= 15 is 0 Å². The monoisotopic (exact) mass is 222 g/mol. The summed E-state index contributed by atoms with van der Waals surface area (Å²) in [5.41, 5.74) is 10.1. The third-order valence-corrected chi connectivity index (χ3v) is 4.72. The van der Waals surface area contributed by atoms with Gasteiger partial charge >= 0.3 is 0 Å². The molecule has 86 valence electrons. The molecule has 1 aromatic rings. The zero-order chi connectivity index (χ0) is 11.2. The molecule has 0 aliphatic heterocycles. The van der Waals surface area contributed by atoms with Gasteiger partial charge in [0.05, 0.1) is 0 Å². The molecule has 0 heteroatoms. The molecule has 0 spiro atoms. The molecule has 0 fully saturated rings. The summed E-state index contributed by atoms with van der Waals surface area (Å²) < 4.78 is 0. The Labute approximate surface area is 103 Å². The van der Waals surface area contributed by atoms with Crippen molar-refractivity contribution >= 4 is 5.57 Å². The Hall–Kier alpha value is -1.30. The van der Waals surface area contributed by atoms with Crippen LogP contribution in [0.4, 0.5) is 0 Å². The maximum absolute atomic E-state index is 2.34. The lowest BCUT2D eigenvalue weighted by molar-refractivity contribution is 0.845. The summed E-state index contributed by atoms with van der Waals surface area (Å²) in [6, 6.07) is 9.04. The third-order valence-electron chi connectivity index (χ3n) is 4.72. The van der Waals surface area contributed by atoms with Crippen LogP contribution >= 0.6 is 0 Å². The third kappa shape index (κ3) is 1.36. The minimum atomic E-state index is 1.26. The number of benzene rings is 1. The molecule has 0 saturated heterocycles. The molecule has 17 heavy (non-hydrogen) atoms. The van der Waals surface area contributed by atoms with E-state index in [4.69, 9.17) is 0 Å². The maximum atomic E-state index is 2.34. The van der Waals surface area contributed by atoms with Gasteiger partial charge in [-0.1, -0.05) is 29.8 Å². The van der Waals surface area contributed by atoms with Crippen LogP contribution in [0.15, 0.2) is 41.0 Å². The summed E-state index contributed by atoms with van der Waals surface area (Å²) in [6.07, 6.45) is 9.33. The summed E-state index contributed by atoms with van der Waals surface area (Å²) in [7, 11) is 0. The standard InChI is InChI=1S/C17H18/c1-2-6-14-12(4-1)8-10-17-15-7-3-5-13(15)9-11-16(14)17/h1-2,4,6H,3,5,7-11H2.